The van der Waals surface area contributed by atoms with Crippen LogP contribution in [0.2, 0.25) is 0 Å². The van der Waals surface area contributed by atoms with Gasteiger partial charge >= 0.3 is 0 Å². The number of hydrogen-bond donors (Lipinski definition) is 1. The second-order valence-electron chi connectivity index (χ2n) is 6.55. The van der Waals surface area contributed by atoms with Crippen molar-refractivity contribution in [1.29, 1.82) is 0 Å². The molecule has 2 heterocycles. The normalized spacial score (nSPS) is 10.9. The second-order valence-corrected chi connectivity index (χ2v) is 7.39. The van der Waals surface area contributed by atoms with E-state index in [4.69, 9.17) is 4.74 Å². The average Bonchev–Trinajstić information content (AvgIpc) is 3.27. The third kappa shape index (κ3) is 3.92. The standard InChI is InChI=1S/C22H21N3O2S/c1-3-27-19-10-6-16(7-11-19)20-13-25-18(14-28-22(25)24-20)12-21(26)23-17-8-4-15(2)5-9-17/h4-11,13-14H,3,12H2,1-2H3,(H,23,26). The van der Waals surface area contributed by atoms with Crippen molar-refractivity contribution in [1.82, 2.24) is 9.38 Å². The highest BCUT2D eigenvalue weighted by Crippen LogP contribution is 2.25. The number of nitrogens with zero attached hydrogens (tertiary/aromatic N) is 2. The minimum atomic E-state index is -0.0418. The van der Waals surface area contributed by atoms with Crippen LogP contribution in [-0.4, -0.2) is 21.9 Å². The van der Waals surface area contributed by atoms with Gasteiger partial charge in [-0.1, -0.05) is 17.7 Å². The predicted molar refractivity (Wildman–Crippen MR) is 113 cm³/mol. The molecule has 0 radical (unpaired) electrons. The number of imidazole rings is 1. The Labute approximate surface area is 167 Å². The number of anilines is 1. The fourth-order valence-electron chi connectivity index (χ4n) is 2.99. The Morgan fingerprint density at radius 2 is 1.89 bits per heavy atom. The molecular weight excluding hydrogens is 370 g/mol. The monoisotopic (exact) mass is 391 g/mol. The molecule has 6 heteroatoms. The molecule has 0 spiro atoms. The lowest BCUT2D eigenvalue weighted by atomic mass is 10.1. The Morgan fingerprint density at radius 1 is 1.14 bits per heavy atom. The van der Waals surface area contributed by atoms with Gasteiger partial charge < -0.3 is 10.1 Å². The Bertz CT molecular complexity index is 1100. The second kappa shape index (κ2) is 7.86. The van der Waals surface area contributed by atoms with E-state index in [1.807, 2.05) is 78.4 Å². The SMILES string of the molecule is CCOc1ccc(-c2cn3c(CC(=O)Nc4ccc(C)cc4)csc3n2)cc1. The van der Waals surface area contributed by atoms with E-state index < -0.39 is 0 Å². The molecular formula is C22H21N3O2S. The zero-order valence-corrected chi connectivity index (χ0v) is 16.6. The van der Waals surface area contributed by atoms with Crippen molar-refractivity contribution in [3.8, 4) is 17.0 Å². The van der Waals surface area contributed by atoms with Crippen molar-refractivity contribution in [2.75, 3.05) is 11.9 Å². The molecule has 0 saturated carbocycles. The van der Waals surface area contributed by atoms with Gasteiger partial charge in [0.05, 0.1) is 18.7 Å². The van der Waals surface area contributed by atoms with E-state index in [1.54, 1.807) is 0 Å². The van der Waals surface area contributed by atoms with Crippen LogP contribution in [0.3, 0.4) is 0 Å². The van der Waals surface area contributed by atoms with Gasteiger partial charge in [-0.25, -0.2) is 4.98 Å². The van der Waals surface area contributed by atoms with Crippen molar-refractivity contribution in [3.63, 3.8) is 0 Å². The highest BCUT2D eigenvalue weighted by molar-refractivity contribution is 7.15. The molecule has 1 amide bonds. The molecule has 142 valence electrons. The summed E-state index contributed by atoms with van der Waals surface area (Å²) in [4.78, 5) is 18.0. The number of hydrogen-bond acceptors (Lipinski definition) is 4. The molecule has 2 aromatic carbocycles. The van der Waals surface area contributed by atoms with E-state index in [0.29, 0.717) is 13.0 Å². The van der Waals surface area contributed by atoms with Crippen molar-refractivity contribution in [2.24, 2.45) is 0 Å². The molecule has 4 rings (SSSR count). The lowest BCUT2D eigenvalue weighted by molar-refractivity contribution is -0.115. The predicted octanol–water partition coefficient (Wildman–Crippen LogP) is 4.95. The molecule has 0 fully saturated rings. The third-order valence-electron chi connectivity index (χ3n) is 4.42. The van der Waals surface area contributed by atoms with Gasteiger partial charge in [-0.05, 0) is 50.2 Å². The number of thiazole rings is 1. The summed E-state index contributed by atoms with van der Waals surface area (Å²) in [6.45, 7) is 4.64. The number of amides is 1. The third-order valence-corrected chi connectivity index (χ3v) is 5.31. The Morgan fingerprint density at radius 3 is 2.61 bits per heavy atom. The van der Waals surface area contributed by atoms with E-state index in [2.05, 4.69) is 10.3 Å². The van der Waals surface area contributed by atoms with Crippen LogP contribution in [0.5, 0.6) is 5.75 Å². The number of rotatable bonds is 6. The summed E-state index contributed by atoms with van der Waals surface area (Å²) >= 11 is 1.54. The number of ether oxygens (including phenoxy) is 1. The van der Waals surface area contributed by atoms with Crippen molar-refractivity contribution in [2.45, 2.75) is 20.3 Å². The summed E-state index contributed by atoms with van der Waals surface area (Å²) in [5.41, 5.74) is 4.80. The topological polar surface area (TPSA) is 55.6 Å². The zero-order valence-electron chi connectivity index (χ0n) is 15.8. The maximum Gasteiger partial charge on any atom is 0.230 e. The first-order valence-electron chi connectivity index (χ1n) is 9.17. The Hall–Kier alpha value is -3.12. The van der Waals surface area contributed by atoms with E-state index >= 15 is 0 Å². The molecule has 5 nitrogen and oxygen atoms in total. The molecule has 0 aliphatic carbocycles. The van der Waals surface area contributed by atoms with Gasteiger partial charge in [-0.2, -0.15) is 0 Å². The van der Waals surface area contributed by atoms with Crippen LogP contribution in [0, 0.1) is 6.92 Å². The van der Waals surface area contributed by atoms with E-state index in [0.717, 1.165) is 38.9 Å². The number of carbonyl (C=O) groups is 1. The summed E-state index contributed by atoms with van der Waals surface area (Å²) in [6, 6.07) is 15.7. The molecule has 2 aromatic heterocycles. The van der Waals surface area contributed by atoms with Crippen LogP contribution < -0.4 is 10.1 Å². The molecule has 0 aliphatic rings. The van der Waals surface area contributed by atoms with Gasteiger partial charge in [0.2, 0.25) is 5.91 Å². The van der Waals surface area contributed by atoms with Gasteiger partial charge in [0.15, 0.2) is 4.96 Å². The van der Waals surface area contributed by atoms with Crippen LogP contribution in [0.1, 0.15) is 18.2 Å². The molecule has 0 atom stereocenters. The molecule has 0 unspecified atom stereocenters. The molecule has 28 heavy (non-hydrogen) atoms. The number of fused-ring (bicyclic) bond motifs is 1. The minimum Gasteiger partial charge on any atom is -0.494 e. The van der Waals surface area contributed by atoms with Gasteiger partial charge in [-0.3, -0.25) is 9.20 Å². The van der Waals surface area contributed by atoms with Gasteiger partial charge in [0.25, 0.3) is 0 Å². The number of aryl methyl sites for hydroxylation is 1. The van der Waals surface area contributed by atoms with E-state index in [-0.39, 0.29) is 5.91 Å². The van der Waals surface area contributed by atoms with E-state index in [9.17, 15) is 4.79 Å². The number of carbonyl (C=O) groups excluding carboxylic acids is 1. The minimum absolute atomic E-state index is 0.0418. The van der Waals surface area contributed by atoms with E-state index in [1.165, 1.54) is 11.3 Å². The van der Waals surface area contributed by atoms with Crippen LogP contribution in [0.4, 0.5) is 5.69 Å². The molecule has 0 aliphatic heterocycles. The number of benzene rings is 2. The van der Waals surface area contributed by atoms with Gasteiger partial charge in [0, 0.05) is 28.5 Å². The maximum atomic E-state index is 12.4. The van der Waals surface area contributed by atoms with Crippen LogP contribution in [0.15, 0.2) is 60.1 Å². The van der Waals surface area contributed by atoms with Crippen molar-refractivity contribution >= 4 is 27.9 Å². The summed E-state index contributed by atoms with van der Waals surface area (Å²) < 4.78 is 7.48. The van der Waals surface area contributed by atoms with Gasteiger partial charge in [0.1, 0.15) is 5.75 Å². The number of aromatic nitrogens is 2. The fraction of sp³-hybridized carbons (Fsp3) is 0.182. The van der Waals surface area contributed by atoms with Crippen LogP contribution >= 0.6 is 11.3 Å². The summed E-state index contributed by atoms with van der Waals surface area (Å²) in [6.07, 6.45) is 2.28. The van der Waals surface area contributed by atoms with Crippen LogP contribution in [-0.2, 0) is 11.2 Å². The highest BCUT2D eigenvalue weighted by atomic mass is 32.1. The lowest BCUT2D eigenvalue weighted by Gasteiger charge is -2.05. The fourth-order valence-corrected chi connectivity index (χ4v) is 3.86. The Balaban J connectivity index is 1.51. The molecule has 0 saturated heterocycles. The highest BCUT2D eigenvalue weighted by Gasteiger charge is 2.13. The lowest BCUT2D eigenvalue weighted by Crippen LogP contribution is -2.15. The first kappa shape index (κ1) is 18.3. The summed E-state index contributed by atoms with van der Waals surface area (Å²) in [7, 11) is 0. The Kier molecular flexibility index (Phi) is 5.12. The van der Waals surface area contributed by atoms with Crippen LogP contribution in [0.25, 0.3) is 16.2 Å². The summed E-state index contributed by atoms with van der Waals surface area (Å²) in [5.74, 6) is 0.806. The first-order chi connectivity index (χ1) is 13.6. The van der Waals surface area contributed by atoms with Crippen molar-refractivity contribution in [3.05, 3.63) is 71.4 Å². The summed E-state index contributed by atoms with van der Waals surface area (Å²) in [5, 5.41) is 4.93. The zero-order chi connectivity index (χ0) is 19.5. The smallest absolute Gasteiger partial charge is 0.230 e. The van der Waals surface area contributed by atoms with Crippen molar-refractivity contribution < 1.29 is 9.53 Å². The molecule has 1 N–H and O–H groups in total. The largest absolute Gasteiger partial charge is 0.494 e. The average molecular weight is 391 g/mol. The first-order valence-corrected chi connectivity index (χ1v) is 10.1. The molecule has 4 aromatic rings. The molecule has 0 bridgehead atoms. The maximum absolute atomic E-state index is 12.4. The quantitative estimate of drug-likeness (QED) is 0.506. The number of nitrogens with one attached hydrogen (secondary N) is 1. The van der Waals surface area contributed by atoms with Gasteiger partial charge in [-0.15, -0.1) is 11.3 Å².